The van der Waals surface area contributed by atoms with Crippen LogP contribution in [0.4, 0.5) is 5.69 Å². The van der Waals surface area contributed by atoms with Crippen molar-refractivity contribution in [2.24, 2.45) is 11.8 Å². The Bertz CT molecular complexity index is 873. The standard InChI is InChI=1S/C24H30N2O4/c1-16(2)12-13-30-21-11-4-17(14-22(21)29-3)15-25-23(27)18-7-9-20(10-8-18)26-24(28)19-5-6-19/h4,7-11,14,16,19H,5-6,12-13,15H2,1-3H3,(H,25,27)(H,26,28). The molecule has 2 amide bonds. The van der Waals surface area contributed by atoms with Crippen LogP contribution in [0.3, 0.4) is 0 Å². The predicted molar refractivity (Wildman–Crippen MR) is 117 cm³/mol. The summed E-state index contributed by atoms with van der Waals surface area (Å²) in [5.74, 6) is 1.97. The van der Waals surface area contributed by atoms with E-state index in [2.05, 4.69) is 24.5 Å². The van der Waals surface area contributed by atoms with E-state index in [1.165, 1.54) is 0 Å². The van der Waals surface area contributed by atoms with E-state index in [1.54, 1.807) is 31.4 Å². The Morgan fingerprint density at radius 3 is 2.43 bits per heavy atom. The number of amides is 2. The highest BCUT2D eigenvalue weighted by Crippen LogP contribution is 2.30. The summed E-state index contributed by atoms with van der Waals surface area (Å²) >= 11 is 0. The molecule has 6 heteroatoms. The molecule has 1 fully saturated rings. The van der Waals surface area contributed by atoms with Gasteiger partial charge in [-0.05, 0) is 67.1 Å². The van der Waals surface area contributed by atoms with Crippen molar-refractivity contribution in [1.29, 1.82) is 0 Å². The summed E-state index contributed by atoms with van der Waals surface area (Å²) in [6.45, 7) is 5.33. The molecule has 0 aromatic heterocycles. The van der Waals surface area contributed by atoms with Gasteiger partial charge >= 0.3 is 0 Å². The van der Waals surface area contributed by atoms with E-state index in [0.29, 0.717) is 41.8 Å². The number of benzene rings is 2. The molecule has 0 unspecified atom stereocenters. The van der Waals surface area contributed by atoms with Crippen molar-refractivity contribution in [3.63, 3.8) is 0 Å². The Balaban J connectivity index is 1.52. The summed E-state index contributed by atoms with van der Waals surface area (Å²) in [7, 11) is 1.61. The number of methoxy groups -OCH3 is 1. The number of anilines is 1. The lowest BCUT2D eigenvalue weighted by molar-refractivity contribution is -0.117. The fourth-order valence-corrected chi connectivity index (χ4v) is 2.92. The number of hydrogen-bond donors (Lipinski definition) is 2. The van der Waals surface area contributed by atoms with Gasteiger partial charge in [-0.1, -0.05) is 19.9 Å². The molecule has 0 radical (unpaired) electrons. The second kappa shape index (κ2) is 10.1. The molecule has 2 aromatic carbocycles. The third-order valence-corrected chi connectivity index (χ3v) is 5.00. The van der Waals surface area contributed by atoms with Gasteiger partial charge in [0.2, 0.25) is 5.91 Å². The third kappa shape index (κ3) is 6.24. The maximum atomic E-state index is 12.4. The molecule has 0 aliphatic heterocycles. The number of carbonyl (C=O) groups is 2. The fourth-order valence-electron chi connectivity index (χ4n) is 2.92. The minimum absolute atomic E-state index is 0.0535. The van der Waals surface area contributed by atoms with E-state index in [4.69, 9.17) is 9.47 Å². The smallest absolute Gasteiger partial charge is 0.251 e. The molecule has 30 heavy (non-hydrogen) atoms. The maximum Gasteiger partial charge on any atom is 0.251 e. The molecule has 1 aliphatic rings. The van der Waals surface area contributed by atoms with Crippen LogP contribution in [0, 0.1) is 11.8 Å². The Morgan fingerprint density at radius 1 is 1.07 bits per heavy atom. The van der Waals surface area contributed by atoms with E-state index < -0.39 is 0 Å². The lowest BCUT2D eigenvalue weighted by atomic mass is 10.1. The van der Waals surface area contributed by atoms with Crippen LogP contribution in [0.5, 0.6) is 11.5 Å². The maximum absolute atomic E-state index is 12.4. The number of carbonyl (C=O) groups excluding carboxylic acids is 2. The lowest BCUT2D eigenvalue weighted by Crippen LogP contribution is -2.22. The van der Waals surface area contributed by atoms with Crippen molar-refractivity contribution in [2.45, 2.75) is 39.7 Å². The van der Waals surface area contributed by atoms with Gasteiger partial charge in [0.05, 0.1) is 13.7 Å². The summed E-state index contributed by atoms with van der Waals surface area (Å²) in [5.41, 5.74) is 2.17. The van der Waals surface area contributed by atoms with Crippen LogP contribution in [-0.4, -0.2) is 25.5 Å². The number of rotatable bonds is 10. The molecule has 6 nitrogen and oxygen atoms in total. The van der Waals surface area contributed by atoms with Crippen molar-refractivity contribution < 1.29 is 19.1 Å². The minimum atomic E-state index is -0.175. The zero-order valence-electron chi connectivity index (χ0n) is 17.9. The van der Waals surface area contributed by atoms with E-state index in [1.807, 2.05) is 18.2 Å². The average Bonchev–Trinajstić information content (AvgIpc) is 3.58. The Hall–Kier alpha value is -3.02. The molecular formula is C24H30N2O4. The van der Waals surface area contributed by atoms with Gasteiger partial charge < -0.3 is 20.1 Å². The second-order valence-electron chi connectivity index (χ2n) is 8.04. The van der Waals surface area contributed by atoms with E-state index in [0.717, 1.165) is 24.8 Å². The van der Waals surface area contributed by atoms with E-state index in [9.17, 15) is 9.59 Å². The van der Waals surface area contributed by atoms with E-state index in [-0.39, 0.29) is 17.7 Å². The molecule has 2 N–H and O–H groups in total. The summed E-state index contributed by atoms with van der Waals surface area (Å²) < 4.78 is 11.2. The van der Waals surface area contributed by atoms with Gasteiger partial charge in [-0.25, -0.2) is 0 Å². The first-order chi connectivity index (χ1) is 14.5. The highest BCUT2D eigenvalue weighted by molar-refractivity contribution is 5.96. The van der Waals surface area contributed by atoms with Gasteiger partial charge in [0, 0.05) is 23.7 Å². The molecule has 1 saturated carbocycles. The van der Waals surface area contributed by atoms with Gasteiger partial charge in [-0.3, -0.25) is 9.59 Å². The van der Waals surface area contributed by atoms with Gasteiger partial charge in [-0.2, -0.15) is 0 Å². The fraction of sp³-hybridized carbons (Fsp3) is 0.417. The number of hydrogen-bond acceptors (Lipinski definition) is 4. The van der Waals surface area contributed by atoms with Crippen LogP contribution in [-0.2, 0) is 11.3 Å². The lowest BCUT2D eigenvalue weighted by Gasteiger charge is -2.13. The third-order valence-electron chi connectivity index (χ3n) is 5.00. The zero-order chi connectivity index (χ0) is 21.5. The summed E-state index contributed by atoms with van der Waals surface area (Å²) in [4.78, 5) is 24.2. The molecule has 3 rings (SSSR count). The molecule has 1 aliphatic carbocycles. The summed E-state index contributed by atoms with van der Waals surface area (Å²) in [5, 5.41) is 5.78. The van der Waals surface area contributed by atoms with Crippen molar-refractivity contribution >= 4 is 17.5 Å². The largest absolute Gasteiger partial charge is 0.493 e. The molecular weight excluding hydrogens is 380 g/mol. The molecule has 2 aromatic rings. The Labute approximate surface area is 178 Å². The Kier molecular flexibility index (Phi) is 7.33. The predicted octanol–water partition coefficient (Wildman–Crippen LogP) is 4.40. The molecule has 0 heterocycles. The van der Waals surface area contributed by atoms with Gasteiger partial charge in [-0.15, -0.1) is 0 Å². The second-order valence-corrected chi connectivity index (χ2v) is 8.04. The minimum Gasteiger partial charge on any atom is -0.493 e. The zero-order valence-corrected chi connectivity index (χ0v) is 17.9. The van der Waals surface area contributed by atoms with Gasteiger partial charge in [0.25, 0.3) is 5.91 Å². The van der Waals surface area contributed by atoms with Gasteiger partial charge in [0.1, 0.15) is 0 Å². The van der Waals surface area contributed by atoms with Crippen LogP contribution in [0.1, 0.15) is 49.0 Å². The first-order valence-corrected chi connectivity index (χ1v) is 10.4. The van der Waals surface area contributed by atoms with Crippen molar-refractivity contribution in [2.75, 3.05) is 19.0 Å². The summed E-state index contributed by atoms with van der Waals surface area (Å²) in [6.07, 6.45) is 2.90. The first kappa shape index (κ1) is 21.7. The van der Waals surface area contributed by atoms with Crippen LogP contribution < -0.4 is 20.1 Å². The van der Waals surface area contributed by atoms with Crippen molar-refractivity contribution in [1.82, 2.24) is 5.32 Å². The van der Waals surface area contributed by atoms with Crippen LogP contribution in [0.2, 0.25) is 0 Å². The molecule has 0 saturated heterocycles. The van der Waals surface area contributed by atoms with Crippen molar-refractivity contribution in [3.8, 4) is 11.5 Å². The quantitative estimate of drug-likeness (QED) is 0.609. The monoisotopic (exact) mass is 410 g/mol. The highest BCUT2D eigenvalue weighted by atomic mass is 16.5. The molecule has 0 bridgehead atoms. The normalized spacial score (nSPS) is 13.1. The molecule has 0 spiro atoms. The number of ether oxygens (including phenoxy) is 2. The highest BCUT2D eigenvalue weighted by Gasteiger charge is 2.29. The summed E-state index contributed by atoms with van der Waals surface area (Å²) in [6, 6.07) is 12.6. The number of nitrogens with one attached hydrogen (secondary N) is 2. The molecule has 160 valence electrons. The van der Waals surface area contributed by atoms with Crippen LogP contribution in [0.25, 0.3) is 0 Å². The van der Waals surface area contributed by atoms with Crippen LogP contribution >= 0.6 is 0 Å². The molecule has 0 atom stereocenters. The van der Waals surface area contributed by atoms with Crippen molar-refractivity contribution in [3.05, 3.63) is 53.6 Å². The van der Waals surface area contributed by atoms with Crippen LogP contribution in [0.15, 0.2) is 42.5 Å². The van der Waals surface area contributed by atoms with Gasteiger partial charge in [0.15, 0.2) is 11.5 Å². The van der Waals surface area contributed by atoms with E-state index >= 15 is 0 Å². The Morgan fingerprint density at radius 2 is 1.80 bits per heavy atom. The average molecular weight is 411 g/mol. The SMILES string of the molecule is COc1cc(CNC(=O)c2ccc(NC(=O)C3CC3)cc2)ccc1OCCC(C)C. The topological polar surface area (TPSA) is 76.7 Å². The first-order valence-electron chi connectivity index (χ1n) is 10.4.